The molecule has 1 aromatic heterocycles. The second kappa shape index (κ2) is 5.14. The van der Waals surface area contributed by atoms with Crippen molar-refractivity contribution in [2.75, 3.05) is 0 Å². The first-order valence-corrected chi connectivity index (χ1v) is 7.20. The number of hydrogen-bond acceptors (Lipinski definition) is 0. The third-order valence-corrected chi connectivity index (χ3v) is 4.08. The van der Waals surface area contributed by atoms with Gasteiger partial charge in [-0.3, -0.25) is 0 Å². The molecule has 0 N–H and O–H groups in total. The summed E-state index contributed by atoms with van der Waals surface area (Å²) in [5, 5.41) is 1.35. The molecule has 3 rings (SSSR count). The van der Waals surface area contributed by atoms with Crippen LogP contribution in [0.2, 0.25) is 0 Å². The van der Waals surface area contributed by atoms with Crippen LogP contribution in [0.25, 0.3) is 10.9 Å². The van der Waals surface area contributed by atoms with Gasteiger partial charge in [0.25, 0.3) is 0 Å². The van der Waals surface area contributed by atoms with Gasteiger partial charge in [0.2, 0.25) is 0 Å². The van der Waals surface area contributed by atoms with Gasteiger partial charge in [0.05, 0.1) is 0 Å². The van der Waals surface area contributed by atoms with Crippen LogP contribution >= 0.6 is 22.6 Å². The van der Waals surface area contributed by atoms with Crippen molar-refractivity contribution < 1.29 is 0 Å². The van der Waals surface area contributed by atoms with E-state index in [2.05, 4.69) is 88.0 Å². The number of hydrogen-bond donors (Lipinski definition) is 0. The maximum Gasteiger partial charge on any atom is 0.0491 e. The van der Waals surface area contributed by atoms with Gasteiger partial charge in [-0.2, -0.15) is 0 Å². The van der Waals surface area contributed by atoms with Gasteiger partial charge in [0, 0.05) is 27.2 Å². The smallest absolute Gasteiger partial charge is 0.0491 e. The molecular formula is C16H14IN. The highest BCUT2D eigenvalue weighted by atomic mass is 127. The van der Waals surface area contributed by atoms with E-state index in [1.165, 1.54) is 20.0 Å². The topological polar surface area (TPSA) is 4.93 Å². The SMILES string of the molecule is Ic1cn(CCc2ccccc2)c2ccccc12. The Kier molecular flexibility index (Phi) is 3.37. The fraction of sp³-hybridized carbons (Fsp3) is 0.125. The van der Waals surface area contributed by atoms with Gasteiger partial charge in [-0.25, -0.2) is 0 Å². The van der Waals surface area contributed by atoms with E-state index in [-0.39, 0.29) is 0 Å². The van der Waals surface area contributed by atoms with Gasteiger partial charge in [-0.15, -0.1) is 0 Å². The maximum absolute atomic E-state index is 2.41. The number of benzene rings is 2. The molecule has 0 aliphatic rings. The molecule has 0 saturated carbocycles. The van der Waals surface area contributed by atoms with Crippen molar-refractivity contribution in [1.29, 1.82) is 0 Å². The second-order valence-corrected chi connectivity index (χ2v) is 5.59. The summed E-state index contributed by atoms with van der Waals surface area (Å²) in [6.45, 7) is 1.04. The molecule has 2 aromatic carbocycles. The molecular weight excluding hydrogens is 333 g/mol. The van der Waals surface area contributed by atoms with Crippen LogP contribution in [0.1, 0.15) is 5.56 Å². The standard InChI is InChI=1S/C16H14IN/c17-15-12-18(16-9-5-4-8-14(15)16)11-10-13-6-2-1-3-7-13/h1-9,12H,10-11H2. The Bertz CT molecular complexity index is 655. The molecule has 90 valence electrons. The molecule has 1 heterocycles. The third-order valence-electron chi connectivity index (χ3n) is 3.22. The van der Waals surface area contributed by atoms with Crippen LogP contribution in [0.15, 0.2) is 60.8 Å². The summed E-state index contributed by atoms with van der Waals surface area (Å²) < 4.78 is 3.68. The lowest BCUT2D eigenvalue weighted by Gasteiger charge is -2.05. The monoisotopic (exact) mass is 347 g/mol. The van der Waals surface area contributed by atoms with Crippen molar-refractivity contribution in [1.82, 2.24) is 4.57 Å². The molecule has 2 heteroatoms. The zero-order chi connectivity index (χ0) is 12.4. The minimum Gasteiger partial charge on any atom is -0.346 e. The van der Waals surface area contributed by atoms with Gasteiger partial charge >= 0.3 is 0 Å². The van der Waals surface area contributed by atoms with Crippen LogP contribution in [-0.2, 0) is 13.0 Å². The molecule has 3 aromatic rings. The Morgan fingerprint density at radius 3 is 2.44 bits per heavy atom. The minimum absolute atomic E-state index is 1.04. The predicted molar refractivity (Wildman–Crippen MR) is 84.8 cm³/mol. The van der Waals surface area contributed by atoms with E-state index in [4.69, 9.17) is 0 Å². The van der Waals surface area contributed by atoms with Crippen molar-refractivity contribution in [3.8, 4) is 0 Å². The molecule has 0 radical (unpaired) electrons. The molecule has 0 aliphatic carbocycles. The summed E-state index contributed by atoms with van der Waals surface area (Å²) in [5.74, 6) is 0. The van der Waals surface area contributed by atoms with E-state index < -0.39 is 0 Å². The van der Waals surface area contributed by atoms with Crippen LogP contribution in [0.5, 0.6) is 0 Å². The van der Waals surface area contributed by atoms with Crippen molar-refractivity contribution >= 4 is 33.5 Å². The maximum atomic E-state index is 2.41. The highest BCUT2D eigenvalue weighted by Crippen LogP contribution is 2.22. The lowest BCUT2D eigenvalue weighted by atomic mass is 10.1. The van der Waals surface area contributed by atoms with Crippen LogP contribution < -0.4 is 0 Å². The molecule has 0 bridgehead atoms. The summed E-state index contributed by atoms with van der Waals surface area (Å²) in [6.07, 6.45) is 3.32. The fourth-order valence-corrected chi connectivity index (χ4v) is 3.07. The van der Waals surface area contributed by atoms with Crippen LogP contribution in [0.4, 0.5) is 0 Å². The molecule has 0 fully saturated rings. The molecule has 0 saturated heterocycles. The Hall–Kier alpha value is -1.29. The minimum atomic E-state index is 1.04. The van der Waals surface area contributed by atoms with E-state index in [0.29, 0.717) is 0 Å². The average Bonchev–Trinajstić information content (AvgIpc) is 2.75. The van der Waals surface area contributed by atoms with Crippen LogP contribution in [0.3, 0.4) is 0 Å². The Labute approximate surface area is 121 Å². The summed E-state index contributed by atoms with van der Waals surface area (Å²) in [6, 6.07) is 19.3. The first kappa shape index (κ1) is 11.8. The Balaban J connectivity index is 1.87. The lowest BCUT2D eigenvalue weighted by molar-refractivity contribution is 0.722. The van der Waals surface area contributed by atoms with Crippen molar-refractivity contribution in [2.45, 2.75) is 13.0 Å². The summed E-state index contributed by atoms with van der Waals surface area (Å²) in [4.78, 5) is 0. The van der Waals surface area contributed by atoms with E-state index in [1.807, 2.05) is 0 Å². The molecule has 0 unspecified atom stereocenters. The largest absolute Gasteiger partial charge is 0.346 e. The zero-order valence-electron chi connectivity index (χ0n) is 10.0. The first-order valence-electron chi connectivity index (χ1n) is 6.12. The molecule has 1 nitrogen and oxygen atoms in total. The highest BCUT2D eigenvalue weighted by Gasteiger charge is 2.05. The normalized spacial score (nSPS) is 10.9. The molecule has 0 aliphatic heterocycles. The van der Waals surface area contributed by atoms with E-state index >= 15 is 0 Å². The van der Waals surface area contributed by atoms with E-state index in [1.54, 1.807) is 0 Å². The van der Waals surface area contributed by atoms with Gasteiger partial charge in [-0.1, -0.05) is 48.5 Å². The van der Waals surface area contributed by atoms with Crippen molar-refractivity contribution in [3.63, 3.8) is 0 Å². The highest BCUT2D eigenvalue weighted by molar-refractivity contribution is 14.1. The Morgan fingerprint density at radius 1 is 0.889 bits per heavy atom. The van der Waals surface area contributed by atoms with Gasteiger partial charge in [-0.05, 0) is 40.6 Å². The number of aryl methyl sites for hydroxylation is 2. The molecule has 18 heavy (non-hydrogen) atoms. The zero-order valence-corrected chi connectivity index (χ0v) is 12.2. The third kappa shape index (κ3) is 2.29. The number of fused-ring (bicyclic) bond motifs is 1. The van der Waals surface area contributed by atoms with Crippen LogP contribution in [-0.4, -0.2) is 4.57 Å². The molecule has 0 amide bonds. The number of aromatic nitrogens is 1. The fourth-order valence-electron chi connectivity index (χ4n) is 2.28. The van der Waals surface area contributed by atoms with Crippen molar-refractivity contribution in [2.24, 2.45) is 0 Å². The number of halogens is 1. The molecule has 0 spiro atoms. The number of rotatable bonds is 3. The number of para-hydroxylation sites is 1. The van der Waals surface area contributed by atoms with Gasteiger partial charge in [0.1, 0.15) is 0 Å². The summed E-state index contributed by atoms with van der Waals surface area (Å²) in [7, 11) is 0. The van der Waals surface area contributed by atoms with Crippen LogP contribution in [0, 0.1) is 3.57 Å². The van der Waals surface area contributed by atoms with Crippen molar-refractivity contribution in [3.05, 3.63) is 69.9 Å². The number of nitrogens with zero attached hydrogens (tertiary/aromatic N) is 1. The van der Waals surface area contributed by atoms with E-state index in [0.717, 1.165) is 13.0 Å². The second-order valence-electron chi connectivity index (χ2n) is 4.42. The van der Waals surface area contributed by atoms with E-state index in [9.17, 15) is 0 Å². The predicted octanol–water partition coefficient (Wildman–Crippen LogP) is 4.49. The summed E-state index contributed by atoms with van der Waals surface area (Å²) >= 11 is 2.41. The quantitative estimate of drug-likeness (QED) is 0.616. The first-order chi connectivity index (χ1) is 8.84. The lowest BCUT2D eigenvalue weighted by Crippen LogP contribution is -1.99. The van der Waals surface area contributed by atoms with Gasteiger partial charge in [0.15, 0.2) is 0 Å². The molecule has 0 atom stereocenters. The van der Waals surface area contributed by atoms with Gasteiger partial charge < -0.3 is 4.57 Å². The average molecular weight is 347 g/mol. The Morgan fingerprint density at radius 2 is 1.61 bits per heavy atom. The summed E-state index contributed by atoms with van der Waals surface area (Å²) in [5.41, 5.74) is 2.73.